The van der Waals surface area contributed by atoms with Gasteiger partial charge in [-0.25, -0.2) is 8.42 Å². The number of hydrogen-bond acceptors (Lipinski definition) is 4. The number of anilines is 1. The van der Waals surface area contributed by atoms with Gasteiger partial charge in [0.25, 0.3) is 0 Å². The highest BCUT2D eigenvalue weighted by Gasteiger charge is 2.33. The Bertz CT molecular complexity index is 1170. The van der Waals surface area contributed by atoms with Gasteiger partial charge in [-0.3, -0.25) is 13.9 Å². The quantitative estimate of drug-likeness (QED) is 0.429. The zero-order valence-electron chi connectivity index (χ0n) is 20.3. The molecular weight excluding hydrogens is 533 g/mol. The predicted molar refractivity (Wildman–Crippen MR) is 143 cm³/mol. The molecule has 2 aromatic carbocycles. The zero-order valence-corrected chi connectivity index (χ0v) is 23.4. The van der Waals surface area contributed by atoms with E-state index in [1.165, 1.54) is 17.0 Å². The van der Waals surface area contributed by atoms with E-state index in [1.807, 2.05) is 51.1 Å². The second-order valence-electron chi connectivity index (χ2n) is 9.16. The summed E-state index contributed by atoms with van der Waals surface area (Å²) in [4.78, 5) is 28.2. The van der Waals surface area contributed by atoms with Crippen LogP contribution in [0, 0.1) is 0 Å². The summed E-state index contributed by atoms with van der Waals surface area (Å²) in [5.41, 5.74) is 0.295. The van der Waals surface area contributed by atoms with E-state index in [9.17, 15) is 18.0 Å². The van der Waals surface area contributed by atoms with E-state index in [1.54, 1.807) is 6.92 Å². The number of amides is 2. The third kappa shape index (κ3) is 8.27. The summed E-state index contributed by atoms with van der Waals surface area (Å²) in [5, 5.41) is 3.17. The van der Waals surface area contributed by atoms with Crippen molar-refractivity contribution < 1.29 is 18.0 Å². The van der Waals surface area contributed by atoms with E-state index in [0.717, 1.165) is 16.1 Å². The molecule has 0 saturated carbocycles. The summed E-state index contributed by atoms with van der Waals surface area (Å²) >= 11 is 18.4. The summed E-state index contributed by atoms with van der Waals surface area (Å²) in [6.45, 7) is 6.86. The van der Waals surface area contributed by atoms with Crippen LogP contribution in [0.4, 0.5) is 5.69 Å². The van der Waals surface area contributed by atoms with Gasteiger partial charge in [0.2, 0.25) is 21.8 Å². The second-order valence-corrected chi connectivity index (χ2v) is 12.3. The maximum absolute atomic E-state index is 13.6. The average molecular weight is 563 g/mol. The van der Waals surface area contributed by atoms with Gasteiger partial charge in [0.15, 0.2) is 0 Å². The monoisotopic (exact) mass is 561 g/mol. The molecule has 0 fully saturated rings. The Morgan fingerprint density at radius 3 is 2.09 bits per heavy atom. The van der Waals surface area contributed by atoms with E-state index >= 15 is 0 Å². The van der Waals surface area contributed by atoms with Crippen LogP contribution in [0.25, 0.3) is 0 Å². The zero-order chi connectivity index (χ0) is 26.6. The first-order valence-electron chi connectivity index (χ1n) is 10.9. The Kier molecular flexibility index (Phi) is 9.87. The lowest BCUT2D eigenvalue weighted by atomic mass is 10.1. The van der Waals surface area contributed by atoms with Crippen molar-refractivity contribution in [3.05, 3.63) is 63.1 Å². The van der Waals surface area contributed by atoms with Gasteiger partial charge < -0.3 is 10.2 Å². The Balaban J connectivity index is 2.50. The van der Waals surface area contributed by atoms with Crippen LogP contribution in [-0.4, -0.2) is 49.5 Å². The molecule has 0 spiro atoms. The van der Waals surface area contributed by atoms with E-state index < -0.39 is 34.1 Å². The Morgan fingerprint density at radius 2 is 1.57 bits per heavy atom. The number of nitrogens with zero attached hydrogens (tertiary/aromatic N) is 2. The van der Waals surface area contributed by atoms with Gasteiger partial charge in [-0.1, -0.05) is 72.1 Å². The number of nitrogens with one attached hydrogen (secondary N) is 1. The van der Waals surface area contributed by atoms with Crippen molar-refractivity contribution in [2.45, 2.75) is 52.2 Å². The molecule has 0 radical (unpaired) electrons. The topological polar surface area (TPSA) is 86.8 Å². The molecule has 0 bridgehead atoms. The third-order valence-corrected chi connectivity index (χ3v) is 7.17. The predicted octanol–water partition coefficient (Wildman–Crippen LogP) is 5.13. The first-order chi connectivity index (χ1) is 16.1. The fraction of sp³-hybridized carbons (Fsp3) is 0.417. The lowest BCUT2D eigenvalue weighted by molar-refractivity contribution is -0.141. The summed E-state index contributed by atoms with van der Waals surface area (Å²) in [6, 6.07) is 10.9. The van der Waals surface area contributed by atoms with Crippen LogP contribution >= 0.6 is 34.8 Å². The van der Waals surface area contributed by atoms with Crippen LogP contribution in [0.15, 0.2) is 42.5 Å². The van der Waals surface area contributed by atoms with E-state index in [-0.39, 0.29) is 33.2 Å². The highest BCUT2D eigenvalue weighted by atomic mass is 35.5. The first kappa shape index (κ1) is 29.2. The number of carbonyl (C=O) groups is 2. The maximum Gasteiger partial charge on any atom is 0.244 e. The van der Waals surface area contributed by atoms with Crippen molar-refractivity contribution in [2.24, 2.45) is 0 Å². The van der Waals surface area contributed by atoms with Crippen LogP contribution in [0.5, 0.6) is 0 Å². The molecular formula is C24H30Cl3N3O4S. The third-order valence-electron chi connectivity index (χ3n) is 5.02. The number of halogens is 3. The molecule has 0 aliphatic heterocycles. The summed E-state index contributed by atoms with van der Waals surface area (Å²) < 4.78 is 26.3. The van der Waals surface area contributed by atoms with Gasteiger partial charge >= 0.3 is 0 Å². The molecule has 1 unspecified atom stereocenters. The fourth-order valence-electron chi connectivity index (χ4n) is 3.45. The molecule has 11 heteroatoms. The molecule has 2 aromatic rings. The average Bonchev–Trinajstić information content (AvgIpc) is 2.73. The highest BCUT2D eigenvalue weighted by Crippen LogP contribution is 2.35. The second kappa shape index (κ2) is 11.8. The van der Waals surface area contributed by atoms with Crippen LogP contribution in [-0.2, 0) is 26.2 Å². The first-order valence-corrected chi connectivity index (χ1v) is 13.9. The van der Waals surface area contributed by atoms with Crippen molar-refractivity contribution in [1.82, 2.24) is 10.2 Å². The van der Waals surface area contributed by atoms with Gasteiger partial charge in [0, 0.05) is 12.1 Å². The molecule has 192 valence electrons. The van der Waals surface area contributed by atoms with Crippen LogP contribution in [0.3, 0.4) is 0 Å². The van der Waals surface area contributed by atoms with Gasteiger partial charge in [0.05, 0.1) is 27.0 Å². The van der Waals surface area contributed by atoms with Crippen molar-refractivity contribution >= 4 is 62.3 Å². The van der Waals surface area contributed by atoms with Crippen LogP contribution in [0.2, 0.25) is 15.1 Å². The molecule has 0 saturated heterocycles. The van der Waals surface area contributed by atoms with Crippen molar-refractivity contribution in [3.8, 4) is 0 Å². The minimum Gasteiger partial charge on any atom is -0.350 e. The van der Waals surface area contributed by atoms with Crippen molar-refractivity contribution in [1.29, 1.82) is 0 Å². The fourth-order valence-corrected chi connectivity index (χ4v) is 5.00. The normalized spacial score (nSPS) is 12.7. The molecule has 7 nitrogen and oxygen atoms in total. The SMILES string of the molecule is CCC(C(=O)NC(C)(C)C)N(Cc1ccccc1)C(=O)CN(c1cc(Cl)c(Cl)cc1Cl)S(C)(=O)=O. The molecule has 0 heterocycles. The van der Waals surface area contributed by atoms with Gasteiger partial charge in [0.1, 0.15) is 12.6 Å². The molecule has 2 rings (SSSR count). The van der Waals surface area contributed by atoms with Gasteiger partial charge in [-0.05, 0) is 44.9 Å². The number of hydrogen-bond donors (Lipinski definition) is 1. The molecule has 0 aromatic heterocycles. The number of benzene rings is 2. The largest absolute Gasteiger partial charge is 0.350 e. The standard InChI is InChI=1S/C24H30Cl3N3O4S/c1-6-20(23(32)28-24(2,3)4)29(14-16-10-8-7-9-11-16)22(31)15-30(35(5,33)34)21-13-18(26)17(25)12-19(21)27/h7-13,20H,6,14-15H2,1-5H3,(H,28,32). The number of carbonyl (C=O) groups excluding carboxylic acids is 2. The van der Waals surface area contributed by atoms with Gasteiger partial charge in [-0.15, -0.1) is 0 Å². The smallest absolute Gasteiger partial charge is 0.244 e. The lowest BCUT2D eigenvalue weighted by Crippen LogP contribution is -2.55. The molecule has 0 aliphatic rings. The molecule has 1 N–H and O–H groups in total. The molecule has 35 heavy (non-hydrogen) atoms. The van der Waals surface area contributed by atoms with Gasteiger partial charge in [-0.2, -0.15) is 0 Å². The van der Waals surface area contributed by atoms with E-state index in [4.69, 9.17) is 34.8 Å². The number of rotatable bonds is 9. The minimum atomic E-state index is -3.95. The van der Waals surface area contributed by atoms with E-state index in [2.05, 4.69) is 5.32 Å². The van der Waals surface area contributed by atoms with Crippen molar-refractivity contribution in [3.63, 3.8) is 0 Å². The molecule has 2 amide bonds. The van der Waals surface area contributed by atoms with Crippen LogP contribution in [0.1, 0.15) is 39.7 Å². The Labute approximate surface area is 222 Å². The lowest BCUT2D eigenvalue weighted by Gasteiger charge is -2.34. The maximum atomic E-state index is 13.6. The Morgan fingerprint density at radius 1 is 1.00 bits per heavy atom. The molecule has 1 atom stereocenters. The summed E-state index contributed by atoms with van der Waals surface area (Å²) in [6.07, 6.45) is 1.29. The number of sulfonamides is 1. The van der Waals surface area contributed by atoms with Crippen LogP contribution < -0.4 is 9.62 Å². The summed E-state index contributed by atoms with van der Waals surface area (Å²) in [5.74, 6) is -0.903. The minimum absolute atomic E-state index is 0.0174. The van der Waals surface area contributed by atoms with E-state index in [0.29, 0.717) is 6.42 Å². The van der Waals surface area contributed by atoms with Crippen molar-refractivity contribution in [2.75, 3.05) is 17.1 Å². The highest BCUT2D eigenvalue weighted by molar-refractivity contribution is 7.92. The molecule has 0 aliphatic carbocycles. The Hall–Kier alpha value is -2.00. The summed E-state index contributed by atoms with van der Waals surface area (Å²) in [7, 11) is -3.95.